The largest absolute Gasteiger partial charge is 0.361 e. The Bertz CT molecular complexity index is 800. The number of nitrogens with one attached hydrogen (secondary N) is 1. The second kappa shape index (κ2) is 7.61. The summed E-state index contributed by atoms with van der Waals surface area (Å²) in [6, 6.07) is 6.00. The predicted octanol–water partition coefficient (Wildman–Crippen LogP) is 3.54. The Hall–Kier alpha value is -2.47. The number of pyridine rings is 1. The molecule has 0 amide bonds. The predicted molar refractivity (Wildman–Crippen MR) is 96.6 cm³/mol. The third kappa shape index (κ3) is 3.49. The van der Waals surface area contributed by atoms with Gasteiger partial charge in [0.05, 0.1) is 11.9 Å². The maximum atomic E-state index is 5.44. The van der Waals surface area contributed by atoms with E-state index in [1.807, 2.05) is 29.1 Å². The molecule has 6 nitrogen and oxygen atoms in total. The van der Waals surface area contributed by atoms with Gasteiger partial charge in [0.1, 0.15) is 5.76 Å². The fourth-order valence-corrected chi connectivity index (χ4v) is 3.06. The molecule has 0 saturated heterocycles. The molecular formula is C19H25N5O. The van der Waals surface area contributed by atoms with Crippen LogP contribution in [0.25, 0.3) is 5.82 Å². The van der Waals surface area contributed by atoms with Crippen molar-refractivity contribution in [3.63, 3.8) is 0 Å². The van der Waals surface area contributed by atoms with Gasteiger partial charge in [-0.05, 0) is 32.4 Å². The highest BCUT2D eigenvalue weighted by molar-refractivity contribution is 5.30. The molecule has 1 N–H and O–H groups in total. The summed E-state index contributed by atoms with van der Waals surface area (Å²) in [5.74, 6) is 1.80. The molecule has 0 aliphatic rings. The fourth-order valence-electron chi connectivity index (χ4n) is 3.06. The van der Waals surface area contributed by atoms with Gasteiger partial charge < -0.3 is 9.84 Å². The smallest absolute Gasteiger partial charge is 0.153 e. The molecule has 0 aliphatic carbocycles. The van der Waals surface area contributed by atoms with Crippen LogP contribution in [0, 0.1) is 6.92 Å². The van der Waals surface area contributed by atoms with Gasteiger partial charge in [-0.1, -0.05) is 25.1 Å². The van der Waals surface area contributed by atoms with Gasteiger partial charge in [-0.2, -0.15) is 5.10 Å². The third-order valence-corrected chi connectivity index (χ3v) is 4.57. The van der Waals surface area contributed by atoms with Crippen molar-refractivity contribution in [1.29, 1.82) is 0 Å². The Morgan fingerprint density at radius 2 is 2.08 bits per heavy atom. The first kappa shape index (κ1) is 17.4. The van der Waals surface area contributed by atoms with Crippen molar-refractivity contribution >= 4 is 0 Å². The standard InChI is InChI=1S/C19H25N5O/c1-5-17-16(18(6-2)25-23-17)11-21-13(3)15-12-22-24(14(15)4)19-9-7-8-10-20-19/h7-10,12-13,21H,5-6,11H2,1-4H3/t13-/m0/s1. The summed E-state index contributed by atoms with van der Waals surface area (Å²) < 4.78 is 7.32. The number of hydrogen-bond acceptors (Lipinski definition) is 5. The number of hydrogen-bond donors (Lipinski definition) is 1. The summed E-state index contributed by atoms with van der Waals surface area (Å²) in [5.41, 5.74) is 4.48. The van der Waals surface area contributed by atoms with E-state index < -0.39 is 0 Å². The van der Waals surface area contributed by atoms with E-state index >= 15 is 0 Å². The van der Waals surface area contributed by atoms with Gasteiger partial charge in [-0.25, -0.2) is 9.67 Å². The SMILES string of the molecule is CCc1noc(CC)c1CN[C@@H](C)c1cnn(-c2ccccn2)c1C. The Kier molecular flexibility index (Phi) is 5.28. The van der Waals surface area contributed by atoms with Crippen molar-refractivity contribution in [3.05, 3.63) is 58.9 Å². The Morgan fingerprint density at radius 1 is 1.24 bits per heavy atom. The minimum atomic E-state index is 0.168. The first-order chi connectivity index (χ1) is 12.2. The number of nitrogens with zero attached hydrogens (tertiary/aromatic N) is 4. The zero-order valence-corrected chi connectivity index (χ0v) is 15.3. The van der Waals surface area contributed by atoms with E-state index in [1.165, 1.54) is 11.1 Å². The van der Waals surface area contributed by atoms with Crippen LogP contribution in [0.5, 0.6) is 0 Å². The lowest BCUT2D eigenvalue weighted by Gasteiger charge is -2.14. The third-order valence-electron chi connectivity index (χ3n) is 4.57. The molecule has 1 atom stereocenters. The van der Waals surface area contributed by atoms with E-state index in [4.69, 9.17) is 4.52 Å². The summed E-state index contributed by atoms with van der Waals surface area (Å²) in [6.07, 6.45) is 5.43. The normalized spacial score (nSPS) is 12.5. The minimum Gasteiger partial charge on any atom is -0.361 e. The highest BCUT2D eigenvalue weighted by atomic mass is 16.5. The maximum absolute atomic E-state index is 5.44. The van der Waals surface area contributed by atoms with Crippen molar-refractivity contribution in [3.8, 4) is 5.82 Å². The maximum Gasteiger partial charge on any atom is 0.153 e. The molecule has 3 aromatic heterocycles. The van der Waals surface area contributed by atoms with Crippen molar-refractivity contribution in [1.82, 2.24) is 25.2 Å². The molecule has 3 heterocycles. The highest BCUT2D eigenvalue weighted by Gasteiger charge is 2.17. The van der Waals surface area contributed by atoms with Crippen LogP contribution in [0.4, 0.5) is 0 Å². The molecule has 6 heteroatoms. The van der Waals surface area contributed by atoms with Crippen LogP contribution in [0.2, 0.25) is 0 Å². The molecular weight excluding hydrogens is 314 g/mol. The number of aromatic nitrogens is 4. The molecule has 3 aromatic rings. The lowest BCUT2D eigenvalue weighted by molar-refractivity contribution is 0.379. The van der Waals surface area contributed by atoms with Gasteiger partial charge in [0.2, 0.25) is 0 Å². The van der Waals surface area contributed by atoms with E-state index in [0.29, 0.717) is 0 Å². The fraction of sp³-hybridized carbons (Fsp3) is 0.421. The monoisotopic (exact) mass is 339 g/mol. The van der Waals surface area contributed by atoms with E-state index in [0.717, 1.165) is 42.4 Å². The van der Waals surface area contributed by atoms with Crippen LogP contribution in [0.1, 0.15) is 55.1 Å². The molecule has 0 unspecified atom stereocenters. The molecule has 0 bridgehead atoms. The summed E-state index contributed by atoms with van der Waals surface area (Å²) in [4.78, 5) is 4.37. The van der Waals surface area contributed by atoms with E-state index in [1.54, 1.807) is 6.20 Å². The first-order valence-corrected chi connectivity index (χ1v) is 8.81. The molecule has 0 spiro atoms. The van der Waals surface area contributed by atoms with Gasteiger partial charge in [-0.15, -0.1) is 0 Å². The zero-order chi connectivity index (χ0) is 17.8. The number of aryl methyl sites for hydroxylation is 2. The molecule has 25 heavy (non-hydrogen) atoms. The summed E-state index contributed by atoms with van der Waals surface area (Å²) in [7, 11) is 0. The van der Waals surface area contributed by atoms with E-state index in [2.05, 4.69) is 48.3 Å². The Balaban J connectivity index is 1.76. The lowest BCUT2D eigenvalue weighted by atomic mass is 10.1. The Morgan fingerprint density at radius 3 is 2.76 bits per heavy atom. The quantitative estimate of drug-likeness (QED) is 0.713. The second-order valence-electron chi connectivity index (χ2n) is 6.13. The number of rotatable bonds is 7. The summed E-state index contributed by atoms with van der Waals surface area (Å²) >= 11 is 0. The molecule has 0 saturated carbocycles. The summed E-state index contributed by atoms with van der Waals surface area (Å²) in [5, 5.41) is 12.3. The average molecular weight is 339 g/mol. The molecule has 0 aliphatic heterocycles. The van der Waals surface area contributed by atoms with E-state index in [9.17, 15) is 0 Å². The van der Waals surface area contributed by atoms with Gasteiger partial charge in [0.25, 0.3) is 0 Å². The van der Waals surface area contributed by atoms with Crippen molar-refractivity contribution in [2.24, 2.45) is 0 Å². The van der Waals surface area contributed by atoms with Crippen LogP contribution in [-0.4, -0.2) is 19.9 Å². The molecule has 3 rings (SSSR count). The molecule has 0 aromatic carbocycles. The van der Waals surface area contributed by atoms with Crippen LogP contribution in [-0.2, 0) is 19.4 Å². The van der Waals surface area contributed by atoms with Gasteiger partial charge in [-0.3, -0.25) is 0 Å². The van der Waals surface area contributed by atoms with Crippen LogP contribution in [0.3, 0.4) is 0 Å². The molecule has 0 radical (unpaired) electrons. The molecule has 0 fully saturated rings. The molecule has 132 valence electrons. The first-order valence-electron chi connectivity index (χ1n) is 8.81. The van der Waals surface area contributed by atoms with Gasteiger partial charge in [0, 0.05) is 42.0 Å². The van der Waals surface area contributed by atoms with Gasteiger partial charge in [0.15, 0.2) is 5.82 Å². The highest BCUT2D eigenvalue weighted by Crippen LogP contribution is 2.21. The van der Waals surface area contributed by atoms with Crippen LogP contribution < -0.4 is 5.32 Å². The minimum absolute atomic E-state index is 0.168. The van der Waals surface area contributed by atoms with Crippen LogP contribution in [0.15, 0.2) is 35.1 Å². The van der Waals surface area contributed by atoms with Crippen LogP contribution >= 0.6 is 0 Å². The van der Waals surface area contributed by atoms with Crippen molar-refractivity contribution in [2.75, 3.05) is 0 Å². The topological polar surface area (TPSA) is 68.8 Å². The Labute approximate surface area is 148 Å². The van der Waals surface area contributed by atoms with Crippen molar-refractivity contribution < 1.29 is 4.52 Å². The second-order valence-corrected chi connectivity index (χ2v) is 6.13. The zero-order valence-electron chi connectivity index (χ0n) is 15.3. The summed E-state index contributed by atoms with van der Waals surface area (Å²) in [6.45, 7) is 9.16. The van der Waals surface area contributed by atoms with Crippen molar-refractivity contribution in [2.45, 2.75) is 53.1 Å². The lowest BCUT2D eigenvalue weighted by Crippen LogP contribution is -2.20. The van der Waals surface area contributed by atoms with E-state index in [-0.39, 0.29) is 6.04 Å². The van der Waals surface area contributed by atoms with Gasteiger partial charge >= 0.3 is 0 Å². The average Bonchev–Trinajstić information content (AvgIpc) is 3.23.